The number of esters is 3. The molecule has 0 saturated heterocycles. The van der Waals surface area contributed by atoms with Crippen LogP contribution in [-0.2, 0) is 28.6 Å². The van der Waals surface area contributed by atoms with Crippen molar-refractivity contribution in [2.45, 2.75) is 298 Å². The fraction of sp³-hybridized carbons (Fsp3) is 0.944. The van der Waals surface area contributed by atoms with E-state index in [0.29, 0.717) is 19.3 Å². The highest BCUT2D eigenvalue weighted by Gasteiger charge is 2.19. The van der Waals surface area contributed by atoms with Crippen molar-refractivity contribution in [2.24, 2.45) is 17.8 Å². The van der Waals surface area contributed by atoms with Crippen molar-refractivity contribution in [1.82, 2.24) is 0 Å². The van der Waals surface area contributed by atoms with Crippen molar-refractivity contribution in [3.63, 3.8) is 0 Å². The zero-order valence-electron chi connectivity index (χ0n) is 41.3. The quantitative estimate of drug-likeness (QED) is 0.0345. The molecule has 6 heteroatoms. The molecule has 0 bridgehead atoms. The predicted octanol–water partition coefficient (Wildman–Crippen LogP) is 17.2. The SMILES string of the molecule is CCC(C)CCCCCCCCC(=O)OC[C@H](COC(=O)CCCCCCCCCCCCC(C)C)OC(=O)CCCCCCCCCCCCCCCCCCC(C)C. The second-order valence-corrected chi connectivity index (χ2v) is 19.7. The maximum atomic E-state index is 12.8. The minimum absolute atomic E-state index is 0.0652. The first-order chi connectivity index (χ1) is 29.1. The lowest BCUT2D eigenvalue weighted by Crippen LogP contribution is -2.30. The van der Waals surface area contributed by atoms with Crippen molar-refractivity contribution in [3.8, 4) is 0 Å². The largest absolute Gasteiger partial charge is 0.462 e. The van der Waals surface area contributed by atoms with Gasteiger partial charge < -0.3 is 14.2 Å². The van der Waals surface area contributed by atoms with Crippen LogP contribution in [0, 0.1) is 17.8 Å². The van der Waals surface area contributed by atoms with Gasteiger partial charge in [-0.2, -0.15) is 0 Å². The summed E-state index contributed by atoms with van der Waals surface area (Å²) in [4.78, 5) is 37.9. The normalized spacial score (nSPS) is 12.6. The molecule has 6 nitrogen and oxygen atoms in total. The number of hydrogen-bond donors (Lipinski definition) is 0. The molecule has 0 amide bonds. The van der Waals surface area contributed by atoms with E-state index in [2.05, 4.69) is 41.5 Å². The highest BCUT2D eigenvalue weighted by molar-refractivity contribution is 5.71. The summed E-state index contributed by atoms with van der Waals surface area (Å²) in [6, 6.07) is 0. The van der Waals surface area contributed by atoms with Gasteiger partial charge in [0.1, 0.15) is 13.2 Å². The summed E-state index contributed by atoms with van der Waals surface area (Å²) >= 11 is 0. The topological polar surface area (TPSA) is 78.9 Å². The fourth-order valence-corrected chi connectivity index (χ4v) is 8.08. The Morgan fingerprint density at radius 2 is 0.583 bits per heavy atom. The predicted molar refractivity (Wildman–Crippen MR) is 256 cm³/mol. The molecule has 0 heterocycles. The molecule has 0 aliphatic heterocycles. The van der Waals surface area contributed by atoms with Crippen molar-refractivity contribution < 1.29 is 28.6 Å². The summed E-state index contributed by atoms with van der Waals surface area (Å²) in [5.41, 5.74) is 0. The fourth-order valence-electron chi connectivity index (χ4n) is 8.08. The first kappa shape index (κ1) is 58.4. The molecule has 1 unspecified atom stereocenters. The van der Waals surface area contributed by atoms with Crippen molar-refractivity contribution in [3.05, 3.63) is 0 Å². The van der Waals surface area contributed by atoms with Gasteiger partial charge in [-0.05, 0) is 37.0 Å². The van der Waals surface area contributed by atoms with Gasteiger partial charge >= 0.3 is 17.9 Å². The highest BCUT2D eigenvalue weighted by Crippen LogP contribution is 2.18. The molecule has 0 aliphatic rings. The van der Waals surface area contributed by atoms with Crippen LogP contribution in [0.5, 0.6) is 0 Å². The Kier molecular flexibility index (Phi) is 44.2. The molecule has 0 fully saturated rings. The average molecular weight is 849 g/mol. The Morgan fingerprint density at radius 3 is 0.867 bits per heavy atom. The summed E-state index contributed by atoms with van der Waals surface area (Å²) < 4.78 is 16.8. The van der Waals surface area contributed by atoms with Gasteiger partial charge in [-0.1, -0.05) is 253 Å². The van der Waals surface area contributed by atoms with Crippen LogP contribution in [-0.4, -0.2) is 37.2 Å². The van der Waals surface area contributed by atoms with Crippen molar-refractivity contribution in [1.29, 1.82) is 0 Å². The first-order valence-electron chi connectivity index (χ1n) is 26.6. The van der Waals surface area contributed by atoms with Crippen LogP contribution in [0.25, 0.3) is 0 Å². The van der Waals surface area contributed by atoms with Gasteiger partial charge in [0, 0.05) is 19.3 Å². The summed E-state index contributed by atoms with van der Waals surface area (Å²) in [5, 5.41) is 0. The smallest absolute Gasteiger partial charge is 0.306 e. The number of ether oxygens (including phenoxy) is 3. The lowest BCUT2D eigenvalue weighted by molar-refractivity contribution is -0.167. The second-order valence-electron chi connectivity index (χ2n) is 19.7. The van der Waals surface area contributed by atoms with E-state index in [0.717, 1.165) is 75.5 Å². The first-order valence-corrected chi connectivity index (χ1v) is 26.6. The second kappa shape index (κ2) is 45.4. The molecule has 2 atom stereocenters. The molecular formula is C54H104O6. The van der Waals surface area contributed by atoms with Crippen LogP contribution in [0.3, 0.4) is 0 Å². The van der Waals surface area contributed by atoms with Crippen LogP contribution in [0.4, 0.5) is 0 Å². The summed E-state index contributed by atoms with van der Waals surface area (Å²) in [7, 11) is 0. The lowest BCUT2D eigenvalue weighted by atomic mass is 10.00. The average Bonchev–Trinajstić information content (AvgIpc) is 3.22. The third-order valence-electron chi connectivity index (χ3n) is 12.5. The van der Waals surface area contributed by atoms with Gasteiger partial charge in [0.2, 0.25) is 0 Å². The van der Waals surface area contributed by atoms with Gasteiger partial charge in [0.05, 0.1) is 0 Å². The number of hydrogen-bond acceptors (Lipinski definition) is 6. The van der Waals surface area contributed by atoms with Crippen LogP contribution in [0.2, 0.25) is 0 Å². The molecule has 0 spiro atoms. The van der Waals surface area contributed by atoms with E-state index >= 15 is 0 Å². The van der Waals surface area contributed by atoms with Crippen molar-refractivity contribution in [2.75, 3.05) is 13.2 Å². The van der Waals surface area contributed by atoms with Crippen LogP contribution in [0.15, 0.2) is 0 Å². The number of carbonyl (C=O) groups is 3. The van der Waals surface area contributed by atoms with Gasteiger partial charge in [-0.25, -0.2) is 0 Å². The van der Waals surface area contributed by atoms with E-state index in [4.69, 9.17) is 14.2 Å². The molecule has 60 heavy (non-hydrogen) atoms. The summed E-state index contributed by atoms with van der Waals surface area (Å²) in [5.74, 6) is 1.63. The Morgan fingerprint density at radius 1 is 0.333 bits per heavy atom. The van der Waals surface area contributed by atoms with Gasteiger partial charge in [-0.15, -0.1) is 0 Å². The molecule has 0 aliphatic carbocycles. The molecule has 0 aromatic carbocycles. The standard InChI is InChI=1S/C54H104O6/c1-7-50(6)42-36-30-26-27-32-38-44-53(56)59-47-51(46-58-52(55)43-37-31-24-20-17-16-19-23-29-35-41-49(4)5)60-54(57)45-39-33-25-21-15-13-11-9-8-10-12-14-18-22-28-34-40-48(2)3/h48-51H,7-47H2,1-6H3/t50?,51-/m0/s1. The Bertz CT molecular complexity index is 931. The molecule has 0 radical (unpaired) electrons. The Hall–Kier alpha value is -1.59. The van der Waals surface area contributed by atoms with E-state index in [1.165, 1.54) is 173 Å². The molecular weight excluding hydrogens is 745 g/mol. The number of carbonyl (C=O) groups excluding carboxylic acids is 3. The number of rotatable bonds is 47. The Balaban J connectivity index is 4.27. The highest BCUT2D eigenvalue weighted by atomic mass is 16.6. The van der Waals surface area contributed by atoms with Crippen LogP contribution in [0.1, 0.15) is 292 Å². The van der Waals surface area contributed by atoms with E-state index in [-0.39, 0.29) is 31.1 Å². The molecule has 0 N–H and O–H groups in total. The van der Waals surface area contributed by atoms with Crippen molar-refractivity contribution >= 4 is 17.9 Å². The molecule has 0 aromatic heterocycles. The van der Waals surface area contributed by atoms with E-state index < -0.39 is 6.10 Å². The van der Waals surface area contributed by atoms with Gasteiger partial charge in [0.15, 0.2) is 6.10 Å². The molecule has 0 rings (SSSR count). The lowest BCUT2D eigenvalue weighted by Gasteiger charge is -2.18. The van der Waals surface area contributed by atoms with Crippen LogP contribution >= 0.6 is 0 Å². The maximum absolute atomic E-state index is 12.8. The maximum Gasteiger partial charge on any atom is 0.306 e. The third-order valence-corrected chi connectivity index (χ3v) is 12.5. The minimum atomic E-state index is -0.763. The van der Waals surface area contributed by atoms with E-state index in [1.807, 2.05) is 0 Å². The van der Waals surface area contributed by atoms with E-state index in [1.54, 1.807) is 0 Å². The summed E-state index contributed by atoms with van der Waals surface area (Å²) in [6.45, 7) is 13.7. The zero-order chi connectivity index (χ0) is 44.2. The zero-order valence-corrected chi connectivity index (χ0v) is 41.3. The van der Waals surface area contributed by atoms with Gasteiger partial charge in [-0.3, -0.25) is 14.4 Å². The Labute approximate surface area is 374 Å². The summed E-state index contributed by atoms with van der Waals surface area (Å²) in [6.07, 6.45) is 45.2. The van der Waals surface area contributed by atoms with E-state index in [9.17, 15) is 14.4 Å². The molecule has 0 aromatic rings. The van der Waals surface area contributed by atoms with Gasteiger partial charge in [0.25, 0.3) is 0 Å². The number of unbranched alkanes of at least 4 members (excludes halogenated alkanes) is 29. The van der Waals surface area contributed by atoms with Crippen LogP contribution < -0.4 is 0 Å². The molecule has 356 valence electrons. The minimum Gasteiger partial charge on any atom is -0.462 e. The molecule has 0 saturated carbocycles. The third kappa shape index (κ3) is 45.9. The monoisotopic (exact) mass is 849 g/mol.